The van der Waals surface area contributed by atoms with Crippen LogP contribution in [0.4, 0.5) is 5.95 Å². The van der Waals surface area contributed by atoms with Gasteiger partial charge in [0.1, 0.15) is 6.10 Å². The third-order valence-corrected chi connectivity index (χ3v) is 9.82. The average molecular weight is 556 g/mol. The smallest absolute Gasteiger partial charge is 0.245 e. The third kappa shape index (κ3) is 5.79. The second-order valence-electron chi connectivity index (χ2n) is 10.2. The number of allylic oxidation sites excluding steroid dienone is 1. The van der Waals surface area contributed by atoms with Crippen molar-refractivity contribution in [3.63, 3.8) is 0 Å². The number of sulfone groups is 1. The number of hydrogen-bond acceptors (Lipinski definition) is 8. The molecule has 9 nitrogen and oxygen atoms in total. The second-order valence-corrected chi connectivity index (χ2v) is 15.0. The Balaban J connectivity index is 1.46. The van der Waals surface area contributed by atoms with Gasteiger partial charge in [0, 0.05) is 23.3 Å². The molecule has 0 saturated heterocycles. The summed E-state index contributed by atoms with van der Waals surface area (Å²) in [5.41, 5.74) is 3.48. The lowest BCUT2D eigenvalue weighted by atomic mass is 9.96. The molecule has 2 aliphatic rings. The summed E-state index contributed by atoms with van der Waals surface area (Å²) in [6, 6.07) is 10.3. The molecule has 11 heteroatoms. The molecule has 1 unspecified atom stereocenters. The SMILES string of the molecule is C[C@@H](Nc1nc(OC2CCC2)c2nc(-c3cccc(S(C)(=O)=O)c3)ccc2n1)C1=CCC([SH](C)(N)=O)C=C1. The van der Waals surface area contributed by atoms with Gasteiger partial charge in [-0.2, -0.15) is 4.98 Å². The van der Waals surface area contributed by atoms with Crippen LogP contribution in [0.5, 0.6) is 5.88 Å². The number of nitrogens with zero attached hydrogens (tertiary/aromatic N) is 3. The molecule has 1 fully saturated rings. The zero-order valence-corrected chi connectivity index (χ0v) is 23.4. The largest absolute Gasteiger partial charge is 0.473 e. The Morgan fingerprint density at radius 2 is 1.95 bits per heavy atom. The first-order chi connectivity index (χ1) is 18.0. The molecule has 38 heavy (non-hydrogen) atoms. The number of nitrogens with one attached hydrogen (secondary N) is 1. The van der Waals surface area contributed by atoms with Crippen LogP contribution >= 0.6 is 0 Å². The number of nitrogens with two attached hydrogens (primary N) is 1. The van der Waals surface area contributed by atoms with Crippen LogP contribution < -0.4 is 15.2 Å². The molecule has 2 atom stereocenters. The molecule has 2 aliphatic carbocycles. The van der Waals surface area contributed by atoms with E-state index in [-0.39, 0.29) is 22.3 Å². The normalized spacial score (nSPS) is 19.5. The standard InChI is InChI=1S/C27H33N5O4S2/c1-17(18-10-12-21(13-11-18)37(2,28)33)29-27-31-24-15-14-23(19-6-4-9-22(16-19)38(3,34)35)30-25(24)26(32-27)36-20-7-5-8-20/h4,6,9-12,14-17,20-21,37H,5,7-8,13H2,1-3H3,(H2,28,33)(H,29,31,32)/t17-,21?/m1/s1. The van der Waals surface area contributed by atoms with E-state index in [2.05, 4.69) is 16.4 Å². The Labute approximate surface area is 224 Å². The Morgan fingerprint density at radius 1 is 1.16 bits per heavy atom. The lowest BCUT2D eigenvalue weighted by Gasteiger charge is -2.27. The Hall–Kier alpha value is -3.15. The lowest BCUT2D eigenvalue weighted by molar-refractivity contribution is 0.116. The maximum Gasteiger partial charge on any atom is 0.245 e. The molecule has 0 spiro atoms. The monoisotopic (exact) mass is 555 g/mol. The summed E-state index contributed by atoms with van der Waals surface area (Å²) in [5, 5.41) is 9.07. The van der Waals surface area contributed by atoms with Gasteiger partial charge in [0.2, 0.25) is 11.8 Å². The van der Waals surface area contributed by atoms with Crippen molar-refractivity contribution in [3.8, 4) is 17.1 Å². The van der Waals surface area contributed by atoms with Crippen LogP contribution in [0.3, 0.4) is 0 Å². The van der Waals surface area contributed by atoms with Gasteiger partial charge in [-0.25, -0.2) is 18.4 Å². The van der Waals surface area contributed by atoms with E-state index in [1.54, 1.807) is 24.5 Å². The molecule has 1 aromatic carbocycles. The van der Waals surface area contributed by atoms with E-state index in [0.29, 0.717) is 40.5 Å². The van der Waals surface area contributed by atoms with Crippen molar-refractivity contribution >= 4 is 36.9 Å². The van der Waals surface area contributed by atoms with Gasteiger partial charge in [0.05, 0.1) is 22.1 Å². The van der Waals surface area contributed by atoms with Crippen molar-refractivity contribution in [3.05, 3.63) is 60.2 Å². The minimum atomic E-state index is -3.35. The highest BCUT2D eigenvalue weighted by atomic mass is 32.3. The number of pyridine rings is 1. The Bertz CT molecular complexity index is 1590. The van der Waals surface area contributed by atoms with E-state index < -0.39 is 20.0 Å². The van der Waals surface area contributed by atoms with Gasteiger partial charge in [-0.3, -0.25) is 9.35 Å². The van der Waals surface area contributed by atoms with E-state index >= 15 is 0 Å². The van der Waals surface area contributed by atoms with Crippen molar-refractivity contribution < 1.29 is 17.4 Å². The van der Waals surface area contributed by atoms with Crippen LogP contribution in [-0.2, 0) is 20.0 Å². The zero-order chi connectivity index (χ0) is 27.1. The molecule has 0 bridgehead atoms. The van der Waals surface area contributed by atoms with E-state index in [9.17, 15) is 12.6 Å². The highest BCUT2D eigenvalue weighted by Crippen LogP contribution is 2.32. The van der Waals surface area contributed by atoms with Crippen molar-refractivity contribution in [2.45, 2.75) is 54.9 Å². The number of fused-ring (bicyclic) bond motifs is 1. The number of anilines is 1. The summed E-state index contributed by atoms with van der Waals surface area (Å²) >= 11 is 0. The first-order valence-corrected chi connectivity index (χ1v) is 16.8. The van der Waals surface area contributed by atoms with Gasteiger partial charge < -0.3 is 10.1 Å². The van der Waals surface area contributed by atoms with E-state index in [0.717, 1.165) is 24.8 Å². The molecular weight excluding hydrogens is 522 g/mol. The van der Waals surface area contributed by atoms with Crippen LogP contribution in [0.25, 0.3) is 22.3 Å². The van der Waals surface area contributed by atoms with Gasteiger partial charge in [-0.1, -0.05) is 40.5 Å². The van der Waals surface area contributed by atoms with Crippen molar-refractivity contribution in [2.75, 3.05) is 17.8 Å². The average Bonchev–Trinajstić information content (AvgIpc) is 2.85. The maximum absolute atomic E-state index is 12.2. The van der Waals surface area contributed by atoms with Crippen LogP contribution in [0.1, 0.15) is 32.6 Å². The predicted octanol–water partition coefficient (Wildman–Crippen LogP) is 3.60. The summed E-state index contributed by atoms with van der Waals surface area (Å²) in [7, 11) is -6.02. The summed E-state index contributed by atoms with van der Waals surface area (Å²) in [6.07, 6.45) is 12.5. The molecule has 0 radical (unpaired) electrons. The van der Waals surface area contributed by atoms with Crippen molar-refractivity contribution in [1.29, 1.82) is 0 Å². The third-order valence-electron chi connectivity index (χ3n) is 7.01. The van der Waals surface area contributed by atoms with Gasteiger partial charge in [0.25, 0.3) is 0 Å². The quantitative estimate of drug-likeness (QED) is 0.359. The summed E-state index contributed by atoms with van der Waals surface area (Å²) in [6.45, 7) is 2.01. The highest BCUT2D eigenvalue weighted by molar-refractivity contribution is 8.01. The Morgan fingerprint density at radius 3 is 2.58 bits per heavy atom. The summed E-state index contributed by atoms with van der Waals surface area (Å²) in [5.74, 6) is 0.822. The molecular formula is C27H33N5O4S2. The number of thiol groups is 1. The molecule has 5 rings (SSSR count). The number of aromatic nitrogens is 3. The minimum Gasteiger partial charge on any atom is -0.473 e. The fourth-order valence-electron chi connectivity index (χ4n) is 4.43. The number of benzene rings is 1. The topological polar surface area (TPSA) is 137 Å². The first kappa shape index (κ1) is 26.5. The molecule has 0 aliphatic heterocycles. The fourth-order valence-corrected chi connectivity index (χ4v) is 6.05. The summed E-state index contributed by atoms with van der Waals surface area (Å²) < 4.78 is 42.5. The molecule has 202 valence electrons. The maximum atomic E-state index is 12.2. The molecule has 2 aromatic heterocycles. The van der Waals surface area contributed by atoms with Crippen LogP contribution in [-0.4, -0.2) is 57.5 Å². The van der Waals surface area contributed by atoms with Crippen LogP contribution in [0, 0.1) is 0 Å². The van der Waals surface area contributed by atoms with Gasteiger partial charge in [-0.15, -0.1) is 0 Å². The predicted molar refractivity (Wildman–Crippen MR) is 153 cm³/mol. The van der Waals surface area contributed by atoms with Crippen molar-refractivity contribution in [2.24, 2.45) is 5.14 Å². The molecule has 3 N–H and O–H groups in total. The second kappa shape index (κ2) is 10.2. The van der Waals surface area contributed by atoms with Gasteiger partial charge >= 0.3 is 0 Å². The molecule has 3 aromatic rings. The Kier molecular flexibility index (Phi) is 7.10. The van der Waals surface area contributed by atoms with E-state index in [1.165, 1.54) is 6.26 Å². The van der Waals surface area contributed by atoms with Crippen LogP contribution in [0.2, 0.25) is 0 Å². The number of rotatable bonds is 8. The fraction of sp³-hybridized carbons (Fsp3) is 0.370. The minimum absolute atomic E-state index is 0.0827. The highest BCUT2D eigenvalue weighted by Gasteiger charge is 2.24. The number of hydrogen-bond donors (Lipinski definition) is 3. The van der Waals surface area contributed by atoms with E-state index in [1.807, 2.05) is 37.3 Å². The molecule has 2 heterocycles. The van der Waals surface area contributed by atoms with Crippen LogP contribution in [0.15, 0.2) is 65.1 Å². The molecule has 0 amide bonds. The molecule has 1 saturated carbocycles. The van der Waals surface area contributed by atoms with E-state index in [4.69, 9.17) is 19.8 Å². The summed E-state index contributed by atoms with van der Waals surface area (Å²) in [4.78, 5) is 14.4. The number of ether oxygens (including phenoxy) is 1. The first-order valence-electron chi connectivity index (χ1n) is 12.6. The van der Waals surface area contributed by atoms with Gasteiger partial charge in [-0.05, 0) is 62.4 Å². The zero-order valence-electron chi connectivity index (χ0n) is 21.7. The van der Waals surface area contributed by atoms with Gasteiger partial charge in [0.15, 0.2) is 15.4 Å². The van der Waals surface area contributed by atoms with Crippen molar-refractivity contribution in [1.82, 2.24) is 15.0 Å². The lowest BCUT2D eigenvalue weighted by Crippen LogP contribution is -2.34.